The van der Waals surface area contributed by atoms with E-state index in [2.05, 4.69) is 21.2 Å². The van der Waals surface area contributed by atoms with Gasteiger partial charge in [0.25, 0.3) is 5.91 Å². The molecule has 0 unspecified atom stereocenters. The Kier molecular flexibility index (Phi) is 4.33. The highest BCUT2D eigenvalue weighted by molar-refractivity contribution is 9.10. The predicted octanol–water partition coefficient (Wildman–Crippen LogP) is 3.34. The summed E-state index contributed by atoms with van der Waals surface area (Å²) >= 11 is 8.80. The number of halogens is 3. The van der Waals surface area contributed by atoms with Gasteiger partial charge in [0.2, 0.25) is 0 Å². The molecule has 0 saturated heterocycles. The summed E-state index contributed by atoms with van der Waals surface area (Å²) < 4.78 is 14.1. The van der Waals surface area contributed by atoms with Crippen molar-refractivity contribution in [2.45, 2.75) is 19.4 Å². The second kappa shape index (κ2) is 5.15. The second-order valence-electron chi connectivity index (χ2n) is 4.10. The molecule has 1 rings (SSSR count). The van der Waals surface area contributed by atoms with Crippen LogP contribution in [0.15, 0.2) is 22.7 Å². The summed E-state index contributed by atoms with van der Waals surface area (Å²) in [6.07, 6.45) is 0. The molecular weight excluding hydrogens is 296 g/mol. The average Bonchev–Trinajstić information content (AvgIpc) is 2.16. The fraction of sp³-hybridized carbons (Fsp3) is 0.364. The number of benzene rings is 1. The van der Waals surface area contributed by atoms with Crippen LogP contribution in [0.25, 0.3) is 0 Å². The molecule has 0 radical (unpaired) electrons. The first-order chi connectivity index (χ1) is 7.35. The lowest BCUT2D eigenvalue weighted by molar-refractivity contribution is 0.0916. The third-order valence-corrected chi connectivity index (χ3v) is 3.12. The Morgan fingerprint density at radius 2 is 2.19 bits per heavy atom. The van der Waals surface area contributed by atoms with Gasteiger partial charge in [-0.1, -0.05) is 15.9 Å². The monoisotopic (exact) mass is 307 g/mol. The molecule has 0 heterocycles. The van der Waals surface area contributed by atoms with Gasteiger partial charge in [0, 0.05) is 15.9 Å². The van der Waals surface area contributed by atoms with E-state index in [1.807, 2.05) is 0 Å². The van der Waals surface area contributed by atoms with E-state index in [1.54, 1.807) is 19.9 Å². The van der Waals surface area contributed by atoms with Crippen molar-refractivity contribution in [1.82, 2.24) is 5.32 Å². The van der Waals surface area contributed by atoms with Crippen molar-refractivity contribution < 1.29 is 9.18 Å². The van der Waals surface area contributed by atoms with Crippen LogP contribution in [0.4, 0.5) is 4.39 Å². The highest BCUT2D eigenvalue weighted by Gasteiger charge is 2.21. The first kappa shape index (κ1) is 13.5. The Morgan fingerprint density at radius 1 is 1.56 bits per heavy atom. The zero-order valence-electron chi connectivity index (χ0n) is 8.98. The van der Waals surface area contributed by atoms with Crippen LogP contribution in [0, 0.1) is 5.82 Å². The van der Waals surface area contributed by atoms with Crippen LogP contribution in [0.1, 0.15) is 24.2 Å². The van der Waals surface area contributed by atoms with Crippen LogP contribution < -0.4 is 5.32 Å². The van der Waals surface area contributed by atoms with Crippen molar-refractivity contribution in [2.75, 3.05) is 5.88 Å². The van der Waals surface area contributed by atoms with Gasteiger partial charge in [-0.2, -0.15) is 0 Å². The minimum Gasteiger partial charge on any atom is -0.346 e. The summed E-state index contributed by atoms with van der Waals surface area (Å²) in [4.78, 5) is 11.7. The van der Waals surface area contributed by atoms with Crippen molar-refractivity contribution >= 4 is 33.4 Å². The molecule has 1 aromatic carbocycles. The summed E-state index contributed by atoms with van der Waals surface area (Å²) in [5.41, 5.74) is -0.542. The molecule has 0 aliphatic rings. The van der Waals surface area contributed by atoms with Crippen molar-refractivity contribution in [3.63, 3.8) is 0 Å². The molecule has 1 N–H and O–H groups in total. The molecule has 88 valence electrons. The molecule has 0 aliphatic heterocycles. The molecule has 0 aromatic heterocycles. The summed E-state index contributed by atoms with van der Waals surface area (Å²) in [6.45, 7) is 3.54. The Morgan fingerprint density at radius 3 is 2.69 bits per heavy atom. The maximum Gasteiger partial charge on any atom is 0.254 e. The molecule has 0 aliphatic carbocycles. The fourth-order valence-corrected chi connectivity index (χ4v) is 1.48. The lowest BCUT2D eigenvalue weighted by atomic mass is 10.1. The van der Waals surface area contributed by atoms with Crippen LogP contribution in [-0.2, 0) is 0 Å². The van der Waals surface area contributed by atoms with E-state index in [0.29, 0.717) is 4.47 Å². The summed E-state index contributed by atoms with van der Waals surface area (Å²) in [5.74, 6) is -0.760. The number of carbonyl (C=O) groups excluding carboxylic acids is 1. The number of rotatable bonds is 3. The fourth-order valence-electron chi connectivity index (χ4n) is 1.08. The van der Waals surface area contributed by atoms with Gasteiger partial charge >= 0.3 is 0 Å². The normalized spacial score (nSPS) is 11.3. The number of nitrogens with one attached hydrogen (secondary N) is 1. The highest BCUT2D eigenvalue weighted by atomic mass is 79.9. The molecule has 0 bridgehead atoms. The van der Waals surface area contributed by atoms with Crippen molar-refractivity contribution in [3.05, 3.63) is 34.1 Å². The third kappa shape index (κ3) is 3.46. The van der Waals surface area contributed by atoms with E-state index in [1.165, 1.54) is 12.1 Å². The Labute approximate surface area is 107 Å². The van der Waals surface area contributed by atoms with Gasteiger partial charge < -0.3 is 5.32 Å². The molecule has 1 aromatic rings. The maximum atomic E-state index is 13.5. The lowest BCUT2D eigenvalue weighted by Gasteiger charge is -2.23. The lowest BCUT2D eigenvalue weighted by Crippen LogP contribution is -2.45. The van der Waals surface area contributed by atoms with Gasteiger partial charge in [-0.3, -0.25) is 4.79 Å². The molecule has 0 spiro atoms. The van der Waals surface area contributed by atoms with Crippen molar-refractivity contribution in [2.24, 2.45) is 0 Å². The first-order valence-corrected chi connectivity index (χ1v) is 6.02. The molecule has 16 heavy (non-hydrogen) atoms. The number of hydrogen-bond acceptors (Lipinski definition) is 1. The molecule has 0 saturated carbocycles. The first-order valence-electron chi connectivity index (χ1n) is 4.69. The number of amides is 1. The van der Waals surface area contributed by atoms with Gasteiger partial charge in [-0.25, -0.2) is 4.39 Å². The second-order valence-corrected chi connectivity index (χ2v) is 5.28. The van der Waals surface area contributed by atoms with Crippen molar-refractivity contribution in [1.29, 1.82) is 0 Å². The molecule has 5 heteroatoms. The third-order valence-electron chi connectivity index (χ3n) is 1.96. The minimum atomic E-state index is -0.558. The zero-order chi connectivity index (χ0) is 12.3. The average molecular weight is 309 g/mol. The molecular formula is C11H12BrClFNO. The topological polar surface area (TPSA) is 29.1 Å². The van der Waals surface area contributed by atoms with Crippen LogP contribution in [0.5, 0.6) is 0 Å². The summed E-state index contributed by atoms with van der Waals surface area (Å²) in [5, 5.41) is 2.66. The quantitative estimate of drug-likeness (QED) is 0.853. The summed E-state index contributed by atoms with van der Waals surface area (Å²) in [6, 6.07) is 4.30. The Bertz CT molecular complexity index is 409. The van der Waals surface area contributed by atoms with E-state index < -0.39 is 17.3 Å². The highest BCUT2D eigenvalue weighted by Crippen LogP contribution is 2.16. The summed E-state index contributed by atoms with van der Waals surface area (Å²) in [7, 11) is 0. The minimum absolute atomic E-state index is 0.0152. The molecule has 0 fully saturated rings. The van der Waals surface area contributed by atoms with Crippen LogP contribution in [-0.4, -0.2) is 17.3 Å². The van der Waals surface area contributed by atoms with Gasteiger partial charge in [0.1, 0.15) is 5.82 Å². The standard InChI is InChI=1S/C11H12BrClFNO/c1-11(2,6-13)15-10(16)8-4-3-7(12)5-9(8)14/h3-5H,6H2,1-2H3,(H,15,16). The number of carbonyl (C=O) groups is 1. The van der Waals surface area contributed by atoms with E-state index in [9.17, 15) is 9.18 Å². The largest absolute Gasteiger partial charge is 0.346 e. The van der Waals surface area contributed by atoms with E-state index in [-0.39, 0.29) is 11.4 Å². The van der Waals surface area contributed by atoms with Crippen LogP contribution >= 0.6 is 27.5 Å². The Balaban J connectivity index is 2.89. The van der Waals surface area contributed by atoms with E-state index in [4.69, 9.17) is 11.6 Å². The van der Waals surface area contributed by atoms with Gasteiger partial charge in [0.05, 0.1) is 5.56 Å². The Hall–Kier alpha value is -0.610. The zero-order valence-corrected chi connectivity index (χ0v) is 11.3. The van der Waals surface area contributed by atoms with Crippen molar-refractivity contribution in [3.8, 4) is 0 Å². The van der Waals surface area contributed by atoms with Crippen LogP contribution in [0.3, 0.4) is 0 Å². The predicted molar refractivity (Wildman–Crippen MR) is 66.4 cm³/mol. The number of alkyl halides is 1. The number of hydrogen-bond donors (Lipinski definition) is 1. The van der Waals surface area contributed by atoms with E-state index >= 15 is 0 Å². The molecule has 2 nitrogen and oxygen atoms in total. The smallest absolute Gasteiger partial charge is 0.254 e. The molecule has 1 amide bonds. The van der Waals surface area contributed by atoms with Crippen LogP contribution in [0.2, 0.25) is 0 Å². The molecule has 0 atom stereocenters. The van der Waals surface area contributed by atoms with Gasteiger partial charge in [-0.15, -0.1) is 11.6 Å². The maximum absolute atomic E-state index is 13.5. The van der Waals surface area contributed by atoms with E-state index in [0.717, 1.165) is 0 Å². The van der Waals surface area contributed by atoms with Gasteiger partial charge in [-0.05, 0) is 32.0 Å². The SMILES string of the molecule is CC(C)(CCl)NC(=O)c1ccc(Br)cc1F. The van der Waals surface area contributed by atoms with Gasteiger partial charge in [0.15, 0.2) is 0 Å².